The van der Waals surface area contributed by atoms with Gasteiger partial charge in [0, 0.05) is 38.9 Å². The third-order valence-electron chi connectivity index (χ3n) is 4.16. The van der Waals surface area contributed by atoms with Crippen LogP contribution in [0.2, 0.25) is 0 Å². The predicted octanol–water partition coefficient (Wildman–Crippen LogP) is 1.81. The Balaban J connectivity index is 1.43. The molecule has 0 unspecified atom stereocenters. The number of aromatic nitrogens is 2. The van der Waals surface area contributed by atoms with E-state index in [9.17, 15) is 4.79 Å². The standard InChI is InChI=1S/C18H23N5O/c1-15-19-8-7-17(21-15)13-20-18(24)23-11-9-22(10-12-23)14-16-5-3-2-4-6-16/h2-8H,9-14H2,1H3,(H,20,24). The third kappa shape index (κ3) is 4.52. The van der Waals surface area contributed by atoms with Crippen molar-refractivity contribution >= 4 is 6.03 Å². The number of rotatable bonds is 4. The molecule has 0 bridgehead atoms. The molecule has 0 saturated carbocycles. The van der Waals surface area contributed by atoms with Crippen molar-refractivity contribution < 1.29 is 4.79 Å². The van der Waals surface area contributed by atoms with Gasteiger partial charge in [0.1, 0.15) is 5.82 Å². The van der Waals surface area contributed by atoms with Crippen molar-refractivity contribution in [2.24, 2.45) is 0 Å². The first kappa shape index (κ1) is 16.4. The van der Waals surface area contributed by atoms with E-state index in [0.29, 0.717) is 6.54 Å². The summed E-state index contributed by atoms with van der Waals surface area (Å²) in [5.74, 6) is 0.719. The van der Waals surface area contributed by atoms with Gasteiger partial charge >= 0.3 is 6.03 Å². The summed E-state index contributed by atoms with van der Waals surface area (Å²) in [5.41, 5.74) is 2.15. The fourth-order valence-corrected chi connectivity index (χ4v) is 2.83. The van der Waals surface area contributed by atoms with E-state index in [2.05, 4.69) is 44.5 Å². The molecule has 1 aromatic carbocycles. The maximum atomic E-state index is 12.3. The minimum atomic E-state index is -0.0226. The molecule has 1 aromatic heterocycles. The molecule has 2 aromatic rings. The summed E-state index contributed by atoms with van der Waals surface area (Å²) in [5, 5.41) is 2.94. The number of hydrogen-bond donors (Lipinski definition) is 1. The molecule has 1 N–H and O–H groups in total. The molecule has 6 heteroatoms. The molecule has 2 heterocycles. The molecule has 3 rings (SSSR count). The SMILES string of the molecule is Cc1nccc(CNC(=O)N2CCN(Cc3ccccc3)CC2)n1. The highest BCUT2D eigenvalue weighted by Gasteiger charge is 2.20. The van der Waals surface area contributed by atoms with Gasteiger partial charge in [-0.05, 0) is 18.6 Å². The van der Waals surface area contributed by atoms with Gasteiger partial charge in [0.25, 0.3) is 0 Å². The van der Waals surface area contributed by atoms with E-state index in [1.807, 2.05) is 24.0 Å². The summed E-state index contributed by atoms with van der Waals surface area (Å²) in [6.07, 6.45) is 1.71. The number of carbonyl (C=O) groups excluding carboxylic acids is 1. The molecule has 24 heavy (non-hydrogen) atoms. The Labute approximate surface area is 142 Å². The molecule has 0 aliphatic carbocycles. The molecule has 1 fully saturated rings. The van der Waals surface area contributed by atoms with E-state index in [0.717, 1.165) is 44.2 Å². The second-order valence-electron chi connectivity index (χ2n) is 6.00. The minimum Gasteiger partial charge on any atom is -0.332 e. The summed E-state index contributed by atoms with van der Waals surface area (Å²) in [6.45, 7) is 6.52. The number of benzene rings is 1. The fourth-order valence-electron chi connectivity index (χ4n) is 2.83. The highest BCUT2D eigenvalue weighted by molar-refractivity contribution is 5.74. The molecular formula is C18H23N5O. The highest BCUT2D eigenvalue weighted by Crippen LogP contribution is 2.08. The number of nitrogens with zero attached hydrogens (tertiary/aromatic N) is 4. The zero-order valence-electron chi connectivity index (χ0n) is 14.0. The number of hydrogen-bond acceptors (Lipinski definition) is 4. The van der Waals surface area contributed by atoms with Crippen LogP contribution in [0.4, 0.5) is 4.79 Å². The lowest BCUT2D eigenvalue weighted by molar-refractivity contribution is 0.135. The van der Waals surface area contributed by atoms with Gasteiger partial charge < -0.3 is 10.2 Å². The molecular weight excluding hydrogens is 302 g/mol. The van der Waals surface area contributed by atoms with E-state index >= 15 is 0 Å². The first-order valence-electron chi connectivity index (χ1n) is 8.28. The van der Waals surface area contributed by atoms with Crippen molar-refractivity contribution in [2.75, 3.05) is 26.2 Å². The fraction of sp³-hybridized carbons (Fsp3) is 0.389. The van der Waals surface area contributed by atoms with Crippen LogP contribution >= 0.6 is 0 Å². The Kier molecular flexibility index (Phi) is 5.38. The second kappa shape index (κ2) is 7.88. The first-order chi connectivity index (χ1) is 11.7. The van der Waals surface area contributed by atoms with E-state index < -0.39 is 0 Å². The van der Waals surface area contributed by atoms with Crippen LogP contribution in [0, 0.1) is 6.92 Å². The lowest BCUT2D eigenvalue weighted by atomic mass is 10.2. The van der Waals surface area contributed by atoms with Gasteiger partial charge in [-0.25, -0.2) is 14.8 Å². The lowest BCUT2D eigenvalue weighted by Crippen LogP contribution is -2.51. The Morgan fingerprint density at radius 3 is 2.58 bits per heavy atom. The van der Waals surface area contributed by atoms with Crippen molar-refractivity contribution in [1.29, 1.82) is 0 Å². The van der Waals surface area contributed by atoms with Crippen LogP contribution in [0.3, 0.4) is 0 Å². The molecule has 6 nitrogen and oxygen atoms in total. The van der Waals surface area contributed by atoms with E-state index in [4.69, 9.17) is 0 Å². The highest BCUT2D eigenvalue weighted by atomic mass is 16.2. The van der Waals surface area contributed by atoms with Crippen molar-refractivity contribution in [1.82, 2.24) is 25.1 Å². The monoisotopic (exact) mass is 325 g/mol. The first-order valence-corrected chi connectivity index (χ1v) is 8.28. The molecule has 1 saturated heterocycles. The zero-order valence-corrected chi connectivity index (χ0v) is 14.0. The maximum Gasteiger partial charge on any atom is 0.317 e. The Bertz CT molecular complexity index is 668. The Morgan fingerprint density at radius 2 is 1.88 bits per heavy atom. The number of carbonyl (C=O) groups is 1. The van der Waals surface area contributed by atoms with Gasteiger partial charge in [0.05, 0.1) is 12.2 Å². The van der Waals surface area contributed by atoms with Crippen molar-refractivity contribution in [3.05, 3.63) is 59.7 Å². The Hall–Kier alpha value is -2.47. The van der Waals surface area contributed by atoms with Crippen LogP contribution < -0.4 is 5.32 Å². The number of piperazine rings is 1. The van der Waals surface area contributed by atoms with Crippen molar-refractivity contribution in [3.63, 3.8) is 0 Å². The zero-order chi connectivity index (χ0) is 16.8. The molecule has 0 radical (unpaired) electrons. The number of nitrogens with one attached hydrogen (secondary N) is 1. The summed E-state index contributed by atoms with van der Waals surface area (Å²) >= 11 is 0. The van der Waals surface area contributed by atoms with E-state index in [-0.39, 0.29) is 6.03 Å². The van der Waals surface area contributed by atoms with Crippen molar-refractivity contribution in [2.45, 2.75) is 20.0 Å². The molecule has 0 atom stereocenters. The average Bonchev–Trinajstić information content (AvgIpc) is 2.61. The van der Waals surface area contributed by atoms with Crippen LogP contribution in [-0.2, 0) is 13.1 Å². The molecule has 0 spiro atoms. The lowest BCUT2D eigenvalue weighted by Gasteiger charge is -2.34. The predicted molar refractivity (Wildman–Crippen MR) is 92.3 cm³/mol. The summed E-state index contributed by atoms with van der Waals surface area (Å²) in [7, 11) is 0. The maximum absolute atomic E-state index is 12.3. The van der Waals surface area contributed by atoms with Crippen LogP contribution in [-0.4, -0.2) is 52.0 Å². The van der Waals surface area contributed by atoms with Crippen LogP contribution in [0.5, 0.6) is 0 Å². The van der Waals surface area contributed by atoms with Crippen LogP contribution in [0.1, 0.15) is 17.1 Å². The summed E-state index contributed by atoms with van der Waals surface area (Å²) in [6, 6.07) is 12.2. The number of amides is 2. The normalized spacial score (nSPS) is 15.3. The largest absolute Gasteiger partial charge is 0.332 e. The van der Waals surface area contributed by atoms with Crippen molar-refractivity contribution in [3.8, 4) is 0 Å². The molecule has 1 aliphatic rings. The van der Waals surface area contributed by atoms with E-state index in [1.54, 1.807) is 6.20 Å². The Morgan fingerprint density at radius 1 is 1.12 bits per heavy atom. The van der Waals surface area contributed by atoms with Crippen LogP contribution in [0.25, 0.3) is 0 Å². The summed E-state index contributed by atoms with van der Waals surface area (Å²) < 4.78 is 0. The quantitative estimate of drug-likeness (QED) is 0.931. The van der Waals surface area contributed by atoms with Gasteiger partial charge in [-0.2, -0.15) is 0 Å². The molecule has 1 aliphatic heterocycles. The van der Waals surface area contributed by atoms with E-state index in [1.165, 1.54) is 5.56 Å². The number of aryl methyl sites for hydroxylation is 1. The summed E-state index contributed by atoms with van der Waals surface area (Å²) in [4.78, 5) is 24.9. The smallest absolute Gasteiger partial charge is 0.317 e. The third-order valence-corrected chi connectivity index (χ3v) is 4.16. The van der Waals surface area contributed by atoms with Gasteiger partial charge in [-0.15, -0.1) is 0 Å². The average molecular weight is 325 g/mol. The van der Waals surface area contributed by atoms with Gasteiger partial charge in [0.15, 0.2) is 0 Å². The molecule has 126 valence electrons. The van der Waals surface area contributed by atoms with Gasteiger partial charge in [-0.1, -0.05) is 30.3 Å². The minimum absolute atomic E-state index is 0.0226. The van der Waals surface area contributed by atoms with Crippen LogP contribution in [0.15, 0.2) is 42.6 Å². The van der Waals surface area contributed by atoms with Gasteiger partial charge in [-0.3, -0.25) is 4.90 Å². The number of urea groups is 1. The second-order valence-corrected chi connectivity index (χ2v) is 6.00. The van der Waals surface area contributed by atoms with Gasteiger partial charge in [0.2, 0.25) is 0 Å². The molecule has 2 amide bonds. The topological polar surface area (TPSA) is 61.4 Å².